The van der Waals surface area contributed by atoms with Gasteiger partial charge in [0, 0.05) is 31.4 Å². The van der Waals surface area contributed by atoms with Crippen LogP contribution in [0.3, 0.4) is 0 Å². The Bertz CT molecular complexity index is 800. The van der Waals surface area contributed by atoms with Crippen molar-refractivity contribution in [3.05, 3.63) is 59.4 Å². The molecule has 2 aromatic rings. The van der Waals surface area contributed by atoms with Gasteiger partial charge in [0.1, 0.15) is 0 Å². The molecule has 1 aliphatic rings. The first-order chi connectivity index (χ1) is 13.2. The van der Waals surface area contributed by atoms with E-state index in [1.165, 1.54) is 0 Å². The van der Waals surface area contributed by atoms with E-state index in [1.807, 2.05) is 42.2 Å². The Balaban J connectivity index is 1.60. The number of pyridine rings is 1. The van der Waals surface area contributed by atoms with Crippen LogP contribution in [-0.4, -0.2) is 29.9 Å². The van der Waals surface area contributed by atoms with Crippen LogP contribution in [0, 0.1) is 6.92 Å². The molecule has 1 aliphatic heterocycles. The average molecular weight is 365 g/mol. The Labute approximate surface area is 160 Å². The molecule has 2 heterocycles. The van der Waals surface area contributed by atoms with Gasteiger partial charge in [-0.3, -0.25) is 9.78 Å². The molecule has 3 rings (SSSR count). The van der Waals surface area contributed by atoms with Crippen molar-refractivity contribution in [1.29, 1.82) is 0 Å². The third kappa shape index (κ3) is 5.06. The number of nitrogens with zero attached hydrogens (tertiary/aromatic N) is 3. The quantitative estimate of drug-likeness (QED) is 0.610. The SMILES string of the molecule is CCNC(=NCc1ccc(N2CCCC2=O)cc1)NCc1ncccc1C. The van der Waals surface area contributed by atoms with E-state index in [1.54, 1.807) is 6.20 Å². The van der Waals surface area contributed by atoms with Gasteiger partial charge >= 0.3 is 0 Å². The number of benzene rings is 1. The van der Waals surface area contributed by atoms with E-state index >= 15 is 0 Å². The summed E-state index contributed by atoms with van der Waals surface area (Å²) in [4.78, 5) is 22.8. The second-order valence-corrected chi connectivity index (χ2v) is 6.63. The molecule has 6 nitrogen and oxygen atoms in total. The number of aromatic nitrogens is 1. The molecule has 0 atom stereocenters. The minimum Gasteiger partial charge on any atom is -0.357 e. The van der Waals surface area contributed by atoms with Crippen molar-refractivity contribution in [2.45, 2.75) is 39.8 Å². The molecule has 1 fully saturated rings. The molecule has 0 radical (unpaired) electrons. The second-order valence-electron chi connectivity index (χ2n) is 6.63. The van der Waals surface area contributed by atoms with Crippen LogP contribution in [-0.2, 0) is 17.9 Å². The lowest BCUT2D eigenvalue weighted by Crippen LogP contribution is -2.37. The Morgan fingerprint density at radius 1 is 1.22 bits per heavy atom. The van der Waals surface area contributed by atoms with Crippen LogP contribution in [0.5, 0.6) is 0 Å². The van der Waals surface area contributed by atoms with Gasteiger partial charge in [0.2, 0.25) is 5.91 Å². The lowest BCUT2D eigenvalue weighted by Gasteiger charge is -2.16. The number of rotatable bonds is 6. The van der Waals surface area contributed by atoms with E-state index in [9.17, 15) is 4.79 Å². The molecule has 0 spiro atoms. The fourth-order valence-corrected chi connectivity index (χ4v) is 3.09. The third-order valence-corrected chi connectivity index (χ3v) is 4.63. The van der Waals surface area contributed by atoms with Crippen molar-refractivity contribution in [2.24, 2.45) is 4.99 Å². The average Bonchev–Trinajstić information content (AvgIpc) is 3.11. The minimum atomic E-state index is 0.212. The Morgan fingerprint density at radius 3 is 2.70 bits per heavy atom. The standard InChI is InChI=1S/C21H27N5O/c1-3-22-21(25-15-19-16(2)6-4-12-23-19)24-14-17-8-10-18(11-9-17)26-13-5-7-20(26)27/h4,6,8-12H,3,5,7,13-15H2,1-2H3,(H2,22,24,25). The van der Waals surface area contributed by atoms with Crippen molar-refractivity contribution in [2.75, 3.05) is 18.0 Å². The van der Waals surface area contributed by atoms with E-state index in [0.717, 1.165) is 48.0 Å². The normalized spacial score (nSPS) is 14.5. The zero-order valence-corrected chi connectivity index (χ0v) is 16.0. The third-order valence-electron chi connectivity index (χ3n) is 4.63. The summed E-state index contributed by atoms with van der Waals surface area (Å²) in [5.74, 6) is 0.977. The minimum absolute atomic E-state index is 0.212. The van der Waals surface area contributed by atoms with Crippen molar-refractivity contribution in [3.8, 4) is 0 Å². The van der Waals surface area contributed by atoms with Gasteiger partial charge in [-0.25, -0.2) is 4.99 Å². The number of anilines is 1. The van der Waals surface area contributed by atoms with Crippen molar-refractivity contribution in [1.82, 2.24) is 15.6 Å². The molecular formula is C21H27N5O. The molecule has 1 aromatic heterocycles. The molecular weight excluding hydrogens is 338 g/mol. The van der Waals surface area contributed by atoms with Crippen LogP contribution in [0.1, 0.15) is 36.6 Å². The maximum Gasteiger partial charge on any atom is 0.227 e. The first-order valence-corrected chi connectivity index (χ1v) is 9.49. The number of aryl methyl sites for hydroxylation is 1. The Morgan fingerprint density at radius 2 is 2.04 bits per heavy atom. The van der Waals surface area contributed by atoms with Crippen LogP contribution in [0.4, 0.5) is 5.69 Å². The maximum absolute atomic E-state index is 11.8. The van der Waals surface area contributed by atoms with E-state index in [2.05, 4.69) is 33.6 Å². The number of amides is 1. The van der Waals surface area contributed by atoms with Crippen LogP contribution in [0.25, 0.3) is 0 Å². The number of carbonyl (C=O) groups excluding carboxylic acids is 1. The summed E-state index contributed by atoms with van der Waals surface area (Å²) in [6, 6.07) is 12.1. The van der Waals surface area contributed by atoms with Gasteiger partial charge in [0.15, 0.2) is 5.96 Å². The van der Waals surface area contributed by atoms with Crippen LogP contribution in [0.15, 0.2) is 47.6 Å². The fraction of sp³-hybridized carbons (Fsp3) is 0.381. The van der Waals surface area contributed by atoms with Crippen LogP contribution >= 0.6 is 0 Å². The largest absolute Gasteiger partial charge is 0.357 e. The number of nitrogens with one attached hydrogen (secondary N) is 2. The second kappa shape index (κ2) is 9.16. The molecule has 1 saturated heterocycles. The lowest BCUT2D eigenvalue weighted by molar-refractivity contribution is -0.117. The first kappa shape index (κ1) is 18.9. The number of guanidine groups is 1. The maximum atomic E-state index is 11.8. The van der Waals surface area contributed by atoms with E-state index in [0.29, 0.717) is 19.5 Å². The summed E-state index contributed by atoms with van der Waals surface area (Å²) < 4.78 is 0. The number of carbonyl (C=O) groups is 1. The summed E-state index contributed by atoms with van der Waals surface area (Å²) in [5, 5.41) is 6.60. The zero-order chi connectivity index (χ0) is 19.1. The van der Waals surface area contributed by atoms with E-state index in [-0.39, 0.29) is 5.91 Å². The molecule has 27 heavy (non-hydrogen) atoms. The topological polar surface area (TPSA) is 69.6 Å². The summed E-state index contributed by atoms with van der Waals surface area (Å²) in [6.45, 7) is 6.92. The first-order valence-electron chi connectivity index (χ1n) is 9.49. The van der Waals surface area contributed by atoms with Gasteiger partial charge in [-0.1, -0.05) is 18.2 Å². The molecule has 142 valence electrons. The smallest absolute Gasteiger partial charge is 0.227 e. The predicted octanol–water partition coefficient (Wildman–Crippen LogP) is 2.77. The van der Waals surface area contributed by atoms with Gasteiger partial charge < -0.3 is 15.5 Å². The molecule has 2 N–H and O–H groups in total. The molecule has 0 bridgehead atoms. The van der Waals surface area contributed by atoms with Crippen LogP contribution < -0.4 is 15.5 Å². The number of hydrogen-bond acceptors (Lipinski definition) is 3. The monoisotopic (exact) mass is 365 g/mol. The summed E-state index contributed by atoms with van der Waals surface area (Å²) in [5.41, 5.74) is 4.26. The van der Waals surface area contributed by atoms with Gasteiger partial charge in [0.25, 0.3) is 0 Å². The van der Waals surface area contributed by atoms with Crippen molar-refractivity contribution in [3.63, 3.8) is 0 Å². The Kier molecular flexibility index (Phi) is 6.41. The highest BCUT2D eigenvalue weighted by Gasteiger charge is 2.21. The molecule has 6 heteroatoms. The highest BCUT2D eigenvalue weighted by Crippen LogP contribution is 2.21. The van der Waals surface area contributed by atoms with Crippen molar-refractivity contribution >= 4 is 17.6 Å². The van der Waals surface area contributed by atoms with Crippen molar-refractivity contribution < 1.29 is 4.79 Å². The summed E-state index contributed by atoms with van der Waals surface area (Å²) in [7, 11) is 0. The molecule has 0 unspecified atom stereocenters. The fourth-order valence-electron chi connectivity index (χ4n) is 3.09. The van der Waals surface area contributed by atoms with E-state index in [4.69, 9.17) is 0 Å². The van der Waals surface area contributed by atoms with E-state index < -0.39 is 0 Å². The zero-order valence-electron chi connectivity index (χ0n) is 16.0. The van der Waals surface area contributed by atoms with Gasteiger partial charge in [0.05, 0.1) is 18.8 Å². The predicted molar refractivity (Wildman–Crippen MR) is 109 cm³/mol. The van der Waals surface area contributed by atoms with Crippen LogP contribution in [0.2, 0.25) is 0 Å². The number of aliphatic imine (C=N–C) groups is 1. The summed E-state index contributed by atoms with van der Waals surface area (Å²) in [6.07, 6.45) is 3.40. The molecule has 1 amide bonds. The number of hydrogen-bond donors (Lipinski definition) is 2. The highest BCUT2D eigenvalue weighted by molar-refractivity contribution is 5.95. The van der Waals surface area contributed by atoms with Gasteiger partial charge in [-0.15, -0.1) is 0 Å². The molecule has 0 saturated carbocycles. The molecule has 0 aliphatic carbocycles. The lowest BCUT2D eigenvalue weighted by atomic mass is 10.2. The molecule has 1 aromatic carbocycles. The highest BCUT2D eigenvalue weighted by atomic mass is 16.2. The Hall–Kier alpha value is -2.89. The summed E-state index contributed by atoms with van der Waals surface area (Å²) >= 11 is 0. The van der Waals surface area contributed by atoms with Gasteiger partial charge in [-0.2, -0.15) is 0 Å². The van der Waals surface area contributed by atoms with Gasteiger partial charge in [-0.05, 0) is 49.6 Å².